The minimum atomic E-state index is -0.195. The normalized spacial score (nSPS) is 16.6. The van der Waals surface area contributed by atoms with E-state index in [-0.39, 0.29) is 11.6 Å². The Morgan fingerprint density at radius 1 is 0.974 bits per heavy atom. The van der Waals surface area contributed by atoms with E-state index in [0.717, 1.165) is 55.5 Å². The van der Waals surface area contributed by atoms with Gasteiger partial charge in [0.1, 0.15) is 5.75 Å². The lowest BCUT2D eigenvalue weighted by atomic mass is 9.83. The topological polar surface area (TPSA) is 43.6 Å². The smallest absolute Gasteiger partial charge is 0.271 e. The van der Waals surface area contributed by atoms with Crippen molar-refractivity contribution in [2.45, 2.75) is 18.9 Å². The van der Waals surface area contributed by atoms with Crippen molar-refractivity contribution in [3.8, 4) is 5.75 Å². The predicted molar refractivity (Wildman–Crippen MR) is 157 cm³/mol. The fourth-order valence-electron chi connectivity index (χ4n) is 5.70. The number of aromatic nitrogens is 1. The summed E-state index contributed by atoms with van der Waals surface area (Å²) in [7, 11) is 1.67. The first kappa shape index (κ1) is 23.4. The summed E-state index contributed by atoms with van der Waals surface area (Å²) in [6.07, 6.45) is 3.78. The molecule has 0 saturated heterocycles. The van der Waals surface area contributed by atoms with Crippen LogP contribution in [0.5, 0.6) is 5.75 Å². The molecule has 38 heavy (non-hydrogen) atoms. The minimum Gasteiger partial charge on any atom is -0.496 e. The fraction of sp³-hybridized carbons (Fsp3) is 0.125. The number of fused-ring (bicyclic) bond motifs is 4. The molecule has 5 aromatic rings. The summed E-state index contributed by atoms with van der Waals surface area (Å²) in [5.74, 6) is 0.743. The first-order chi connectivity index (χ1) is 18.6. The van der Waals surface area contributed by atoms with Crippen molar-refractivity contribution in [1.29, 1.82) is 0 Å². The zero-order chi connectivity index (χ0) is 25.8. The number of methoxy groups -OCH3 is 1. The zero-order valence-corrected chi connectivity index (χ0v) is 23.1. The van der Waals surface area contributed by atoms with Gasteiger partial charge in [-0.3, -0.25) is 9.36 Å². The van der Waals surface area contributed by atoms with Crippen molar-refractivity contribution in [1.82, 2.24) is 4.57 Å². The van der Waals surface area contributed by atoms with E-state index in [1.54, 1.807) is 7.11 Å². The van der Waals surface area contributed by atoms with Gasteiger partial charge >= 0.3 is 0 Å². The van der Waals surface area contributed by atoms with Crippen molar-refractivity contribution >= 4 is 49.8 Å². The number of nitrogens with zero attached hydrogens (tertiary/aromatic N) is 2. The minimum absolute atomic E-state index is 0.0259. The van der Waals surface area contributed by atoms with Crippen LogP contribution in [0, 0.1) is 0 Å². The summed E-state index contributed by atoms with van der Waals surface area (Å²) in [6, 6.07) is 28.8. The Balaban J connectivity index is 1.52. The SMILES string of the molecule is COc1ccc2ccccc2c1/C=c1\sc2n(c1=O)[C@@H](c1ccc(Br)cc1)C1=C(N=2)c2ccccc2CC1. The number of thiazole rings is 1. The molecule has 1 atom stereocenters. The Kier molecular flexibility index (Phi) is 5.68. The third-order valence-electron chi connectivity index (χ3n) is 7.48. The number of aryl methyl sites for hydroxylation is 1. The van der Waals surface area contributed by atoms with Crippen LogP contribution in [0.1, 0.15) is 34.7 Å². The summed E-state index contributed by atoms with van der Waals surface area (Å²) >= 11 is 5.01. The quantitative estimate of drug-likeness (QED) is 0.254. The van der Waals surface area contributed by atoms with E-state index in [9.17, 15) is 4.79 Å². The third kappa shape index (κ3) is 3.70. The molecule has 2 heterocycles. The zero-order valence-electron chi connectivity index (χ0n) is 20.6. The average molecular weight is 580 g/mol. The molecule has 0 amide bonds. The molecule has 1 aliphatic carbocycles. The molecule has 0 bridgehead atoms. The molecular weight excluding hydrogens is 556 g/mol. The number of ether oxygens (including phenoxy) is 1. The van der Waals surface area contributed by atoms with Crippen molar-refractivity contribution < 1.29 is 4.74 Å². The number of hydrogen-bond acceptors (Lipinski definition) is 4. The first-order valence-corrected chi connectivity index (χ1v) is 14.2. The van der Waals surface area contributed by atoms with Gasteiger partial charge in [-0.2, -0.15) is 0 Å². The molecule has 0 unspecified atom stereocenters. The first-order valence-electron chi connectivity index (χ1n) is 12.6. The average Bonchev–Trinajstić information content (AvgIpc) is 3.27. The van der Waals surface area contributed by atoms with E-state index in [2.05, 4.69) is 64.5 Å². The van der Waals surface area contributed by atoms with Crippen LogP contribution in [0.15, 0.2) is 105 Å². The molecule has 7 rings (SSSR count). The maximum atomic E-state index is 14.1. The lowest BCUT2D eigenvalue weighted by Crippen LogP contribution is -2.38. The molecule has 0 N–H and O–H groups in total. The lowest BCUT2D eigenvalue weighted by Gasteiger charge is -2.30. The third-order valence-corrected chi connectivity index (χ3v) is 9.00. The van der Waals surface area contributed by atoms with Crippen molar-refractivity contribution in [2.24, 2.45) is 4.99 Å². The molecular formula is C32H23BrN2O2S. The van der Waals surface area contributed by atoms with Gasteiger partial charge in [0.25, 0.3) is 5.56 Å². The molecule has 0 saturated carbocycles. The Morgan fingerprint density at radius 3 is 2.61 bits per heavy atom. The van der Waals surface area contributed by atoms with Crippen LogP contribution in [0.3, 0.4) is 0 Å². The molecule has 0 spiro atoms. The highest BCUT2D eigenvalue weighted by atomic mass is 79.9. The summed E-state index contributed by atoms with van der Waals surface area (Å²) in [5, 5.41) is 2.16. The molecule has 0 radical (unpaired) electrons. The Morgan fingerprint density at radius 2 is 1.76 bits per heavy atom. The van der Waals surface area contributed by atoms with E-state index in [1.165, 1.54) is 28.0 Å². The largest absolute Gasteiger partial charge is 0.496 e. The van der Waals surface area contributed by atoms with Crippen molar-refractivity contribution in [3.05, 3.63) is 137 Å². The maximum absolute atomic E-state index is 14.1. The molecule has 4 nitrogen and oxygen atoms in total. The molecule has 186 valence electrons. The second-order valence-corrected chi connectivity index (χ2v) is 11.5. The number of halogens is 1. The van der Waals surface area contributed by atoms with E-state index in [0.29, 0.717) is 4.53 Å². The Hall–Kier alpha value is -3.74. The Labute approximate surface area is 232 Å². The maximum Gasteiger partial charge on any atom is 0.271 e. The van der Waals surface area contributed by atoms with Crippen LogP contribution in [0.25, 0.3) is 22.5 Å². The molecule has 1 aromatic heterocycles. The summed E-state index contributed by atoms with van der Waals surface area (Å²) in [4.78, 5) is 20.0. The summed E-state index contributed by atoms with van der Waals surface area (Å²) < 4.78 is 9.27. The summed E-state index contributed by atoms with van der Waals surface area (Å²) in [5.41, 5.74) is 6.66. The van der Waals surface area contributed by atoms with Gasteiger partial charge in [0.15, 0.2) is 4.80 Å². The van der Waals surface area contributed by atoms with Crippen LogP contribution in [-0.4, -0.2) is 11.7 Å². The van der Waals surface area contributed by atoms with Crippen LogP contribution in [0.2, 0.25) is 0 Å². The standard InChI is InChI=1S/C32H23BrN2O2S/c1-37-27-17-13-19-6-2-4-8-23(19)26(27)18-28-31(36)35-30(21-10-14-22(33)15-11-21)25-16-12-20-7-3-5-9-24(20)29(25)34-32(35)38-28/h2-11,13-15,17-18,30H,12,16H2,1H3/b28-18-/t30-/m0/s1. The van der Waals surface area contributed by atoms with Gasteiger partial charge in [0, 0.05) is 15.6 Å². The highest BCUT2D eigenvalue weighted by molar-refractivity contribution is 9.10. The molecule has 6 heteroatoms. The second-order valence-electron chi connectivity index (χ2n) is 9.57. The van der Waals surface area contributed by atoms with Crippen molar-refractivity contribution in [3.63, 3.8) is 0 Å². The van der Waals surface area contributed by atoms with Crippen molar-refractivity contribution in [2.75, 3.05) is 7.11 Å². The number of rotatable bonds is 3. The van der Waals surface area contributed by atoms with Gasteiger partial charge in [-0.15, -0.1) is 0 Å². The van der Waals surface area contributed by atoms with Crippen LogP contribution in [0.4, 0.5) is 0 Å². The van der Waals surface area contributed by atoms with Crippen LogP contribution >= 0.6 is 27.3 Å². The lowest BCUT2D eigenvalue weighted by molar-refractivity contribution is 0.414. The second kappa shape index (κ2) is 9.22. The molecule has 2 aliphatic rings. The number of hydrogen-bond donors (Lipinski definition) is 0. The van der Waals surface area contributed by atoms with Gasteiger partial charge in [-0.1, -0.05) is 94.0 Å². The van der Waals surface area contributed by atoms with E-state index in [1.807, 2.05) is 47.0 Å². The monoisotopic (exact) mass is 578 g/mol. The highest BCUT2D eigenvalue weighted by Gasteiger charge is 2.32. The van der Waals surface area contributed by atoms with Gasteiger partial charge in [-0.05, 0) is 64.6 Å². The summed E-state index contributed by atoms with van der Waals surface area (Å²) in [6.45, 7) is 0. The number of allylic oxidation sites excluding steroid dienone is 1. The number of benzene rings is 4. The highest BCUT2D eigenvalue weighted by Crippen LogP contribution is 2.41. The predicted octanol–water partition coefficient (Wildman–Crippen LogP) is 6.24. The fourth-order valence-corrected chi connectivity index (χ4v) is 6.95. The molecule has 4 aromatic carbocycles. The van der Waals surface area contributed by atoms with Gasteiger partial charge < -0.3 is 4.74 Å². The molecule has 0 fully saturated rings. The van der Waals surface area contributed by atoms with Gasteiger partial charge in [-0.25, -0.2) is 4.99 Å². The van der Waals surface area contributed by atoms with E-state index < -0.39 is 0 Å². The molecule has 1 aliphatic heterocycles. The van der Waals surface area contributed by atoms with Crippen LogP contribution in [-0.2, 0) is 6.42 Å². The van der Waals surface area contributed by atoms with Gasteiger partial charge in [0.2, 0.25) is 0 Å². The van der Waals surface area contributed by atoms with Gasteiger partial charge in [0.05, 0.1) is 23.4 Å². The van der Waals surface area contributed by atoms with Crippen LogP contribution < -0.4 is 19.6 Å². The van der Waals surface area contributed by atoms with E-state index in [4.69, 9.17) is 9.73 Å². The Bertz CT molecular complexity index is 1950. The van der Waals surface area contributed by atoms with E-state index >= 15 is 0 Å².